The van der Waals surface area contributed by atoms with Crippen LogP contribution in [0.2, 0.25) is 0 Å². The molecule has 0 aromatic heterocycles. The number of amides is 2. The Morgan fingerprint density at radius 1 is 1.21 bits per heavy atom. The number of benzene rings is 2. The maximum Gasteiger partial charge on any atom is 0.265 e. The fourth-order valence-electron chi connectivity index (χ4n) is 4.47. The number of sulfonamides is 1. The number of ether oxygens (including phenoxy) is 1. The molecule has 1 saturated heterocycles. The molecule has 9 heteroatoms. The molecule has 2 N–H and O–H groups in total. The Balaban J connectivity index is 1.55. The molecule has 0 radical (unpaired) electrons. The predicted molar refractivity (Wildman–Crippen MR) is 131 cm³/mol. The number of rotatable bonds is 5. The van der Waals surface area contributed by atoms with Crippen molar-refractivity contribution in [1.82, 2.24) is 4.31 Å². The zero-order valence-electron chi connectivity index (χ0n) is 20.0. The Morgan fingerprint density at radius 2 is 1.97 bits per heavy atom. The molecule has 1 fully saturated rings. The second-order valence-corrected chi connectivity index (χ2v) is 11.0. The highest BCUT2D eigenvalue weighted by Crippen LogP contribution is 2.36. The summed E-state index contributed by atoms with van der Waals surface area (Å²) in [5.41, 5.74) is 3.81. The van der Waals surface area contributed by atoms with E-state index in [1.54, 1.807) is 13.0 Å². The minimum absolute atomic E-state index is 0.116. The second-order valence-electron chi connectivity index (χ2n) is 9.06. The van der Waals surface area contributed by atoms with E-state index in [0.717, 1.165) is 16.8 Å². The SMILES string of the molecule is CC[C@@H]1Oc2cc(S(=O)(=O)N3CCC[C@H](C(=O)Nc4cccc(C)c4C)C3)c(C)cc2NC1=O. The van der Waals surface area contributed by atoms with Gasteiger partial charge in [-0.25, -0.2) is 8.42 Å². The van der Waals surface area contributed by atoms with Crippen LogP contribution in [0.15, 0.2) is 35.2 Å². The van der Waals surface area contributed by atoms with Crippen molar-refractivity contribution in [1.29, 1.82) is 0 Å². The Kier molecular flexibility index (Phi) is 6.69. The average Bonchev–Trinajstić information content (AvgIpc) is 2.81. The van der Waals surface area contributed by atoms with Crippen molar-refractivity contribution >= 4 is 33.2 Å². The number of hydrogen-bond acceptors (Lipinski definition) is 5. The van der Waals surface area contributed by atoms with Gasteiger partial charge in [-0.2, -0.15) is 4.31 Å². The van der Waals surface area contributed by atoms with Crippen molar-refractivity contribution in [2.24, 2.45) is 5.92 Å². The molecule has 0 spiro atoms. The van der Waals surface area contributed by atoms with Gasteiger partial charge in [-0.1, -0.05) is 19.1 Å². The molecule has 0 aliphatic carbocycles. The quantitative estimate of drug-likeness (QED) is 0.671. The van der Waals surface area contributed by atoms with Gasteiger partial charge in [0.15, 0.2) is 6.10 Å². The van der Waals surface area contributed by atoms with Crippen molar-refractivity contribution in [2.75, 3.05) is 23.7 Å². The molecule has 2 atom stereocenters. The molecule has 2 aromatic carbocycles. The van der Waals surface area contributed by atoms with Crippen LogP contribution in [0.5, 0.6) is 5.75 Å². The minimum atomic E-state index is -3.86. The third kappa shape index (κ3) is 4.54. The highest BCUT2D eigenvalue weighted by Gasteiger charge is 2.36. The van der Waals surface area contributed by atoms with Gasteiger partial charge >= 0.3 is 0 Å². The van der Waals surface area contributed by atoms with Gasteiger partial charge in [0.25, 0.3) is 5.91 Å². The zero-order chi connectivity index (χ0) is 24.6. The number of nitrogens with zero attached hydrogens (tertiary/aromatic N) is 1. The van der Waals surface area contributed by atoms with E-state index >= 15 is 0 Å². The molecular weight excluding hydrogens is 454 g/mol. The summed E-state index contributed by atoms with van der Waals surface area (Å²) in [5, 5.41) is 5.77. The minimum Gasteiger partial charge on any atom is -0.478 e. The van der Waals surface area contributed by atoms with Crippen molar-refractivity contribution in [2.45, 2.75) is 58.0 Å². The standard InChI is InChI=1S/C25H31N3O5S/c1-5-21-25(30)27-20-12-16(3)23(13-22(20)33-21)34(31,32)28-11-7-9-18(14-28)24(29)26-19-10-6-8-15(2)17(19)4/h6,8,10,12-13,18,21H,5,7,9,11,14H2,1-4H3,(H,26,29)(H,27,30)/t18-,21-/m0/s1. The van der Waals surface area contributed by atoms with Gasteiger partial charge in [0, 0.05) is 24.8 Å². The predicted octanol–water partition coefficient (Wildman–Crippen LogP) is 3.76. The van der Waals surface area contributed by atoms with E-state index in [2.05, 4.69) is 10.6 Å². The Labute approximate surface area is 200 Å². The lowest BCUT2D eigenvalue weighted by molar-refractivity contribution is -0.123. The monoisotopic (exact) mass is 485 g/mol. The molecule has 2 aliphatic rings. The molecule has 2 aromatic rings. The first-order chi connectivity index (χ1) is 16.1. The molecule has 2 aliphatic heterocycles. The summed E-state index contributed by atoms with van der Waals surface area (Å²) in [6.07, 6.45) is 1.04. The fraction of sp³-hybridized carbons (Fsp3) is 0.440. The van der Waals surface area contributed by atoms with Gasteiger partial charge in [-0.3, -0.25) is 9.59 Å². The van der Waals surface area contributed by atoms with Gasteiger partial charge in [0.1, 0.15) is 5.75 Å². The van der Waals surface area contributed by atoms with Crippen molar-refractivity contribution in [3.8, 4) is 5.75 Å². The summed E-state index contributed by atoms with van der Waals surface area (Å²) in [6.45, 7) is 7.93. The van der Waals surface area contributed by atoms with Crippen molar-refractivity contribution < 1.29 is 22.7 Å². The lowest BCUT2D eigenvalue weighted by Gasteiger charge is -2.32. The summed E-state index contributed by atoms with van der Waals surface area (Å²) in [6, 6.07) is 8.85. The normalized spacial score (nSPS) is 20.8. The average molecular weight is 486 g/mol. The molecule has 2 heterocycles. The molecule has 8 nitrogen and oxygen atoms in total. The Hall–Kier alpha value is -2.91. The maximum absolute atomic E-state index is 13.6. The number of aryl methyl sites for hydroxylation is 2. The van der Waals surface area contributed by atoms with Gasteiger partial charge in [0.2, 0.25) is 15.9 Å². The third-order valence-electron chi connectivity index (χ3n) is 6.70. The van der Waals surface area contributed by atoms with E-state index in [9.17, 15) is 18.0 Å². The number of nitrogens with one attached hydrogen (secondary N) is 2. The van der Waals surface area contributed by atoms with Crippen LogP contribution < -0.4 is 15.4 Å². The molecule has 34 heavy (non-hydrogen) atoms. The second kappa shape index (κ2) is 9.38. The first-order valence-electron chi connectivity index (χ1n) is 11.6. The van der Waals surface area contributed by atoms with Gasteiger partial charge in [0.05, 0.1) is 16.5 Å². The van der Waals surface area contributed by atoms with Crippen LogP contribution in [0.1, 0.15) is 42.9 Å². The fourth-order valence-corrected chi connectivity index (χ4v) is 6.21. The van der Waals surface area contributed by atoms with Crippen LogP contribution in [0.4, 0.5) is 11.4 Å². The van der Waals surface area contributed by atoms with Gasteiger partial charge in [-0.05, 0) is 68.9 Å². The van der Waals surface area contributed by atoms with E-state index < -0.39 is 22.0 Å². The molecular formula is C25H31N3O5S. The number of hydrogen-bond donors (Lipinski definition) is 2. The van der Waals surface area contributed by atoms with E-state index in [1.807, 2.05) is 39.0 Å². The first-order valence-corrected chi connectivity index (χ1v) is 13.0. The summed E-state index contributed by atoms with van der Waals surface area (Å²) >= 11 is 0. The molecule has 182 valence electrons. The summed E-state index contributed by atoms with van der Waals surface area (Å²) in [5.74, 6) is -0.510. The van der Waals surface area contributed by atoms with E-state index in [4.69, 9.17) is 4.74 Å². The van der Waals surface area contributed by atoms with Crippen molar-refractivity contribution in [3.05, 3.63) is 47.0 Å². The van der Waals surface area contributed by atoms with E-state index in [-0.39, 0.29) is 23.3 Å². The Bertz CT molecular complexity index is 1240. The summed E-state index contributed by atoms with van der Waals surface area (Å²) in [7, 11) is -3.86. The lowest BCUT2D eigenvalue weighted by atomic mass is 9.98. The third-order valence-corrected chi connectivity index (χ3v) is 8.71. The van der Waals surface area contributed by atoms with Crippen molar-refractivity contribution in [3.63, 3.8) is 0 Å². The topological polar surface area (TPSA) is 105 Å². The smallest absolute Gasteiger partial charge is 0.265 e. The number of piperidine rings is 1. The maximum atomic E-state index is 13.6. The highest BCUT2D eigenvalue weighted by molar-refractivity contribution is 7.89. The lowest BCUT2D eigenvalue weighted by Crippen LogP contribution is -2.44. The van der Waals surface area contributed by atoms with Crippen LogP contribution in [0.25, 0.3) is 0 Å². The molecule has 0 unspecified atom stereocenters. The highest BCUT2D eigenvalue weighted by atomic mass is 32.2. The summed E-state index contributed by atoms with van der Waals surface area (Å²) in [4.78, 5) is 25.2. The summed E-state index contributed by atoms with van der Waals surface area (Å²) < 4.78 is 34.3. The number of anilines is 2. The van der Waals surface area contributed by atoms with E-state index in [1.165, 1.54) is 10.4 Å². The number of carbonyl (C=O) groups excluding carboxylic acids is 2. The molecule has 0 bridgehead atoms. The number of fused-ring (bicyclic) bond motifs is 1. The Morgan fingerprint density at radius 3 is 2.71 bits per heavy atom. The van der Waals surface area contributed by atoms with Crippen LogP contribution in [0.3, 0.4) is 0 Å². The zero-order valence-corrected chi connectivity index (χ0v) is 20.8. The molecule has 2 amide bonds. The van der Waals surface area contributed by atoms with E-state index in [0.29, 0.717) is 42.8 Å². The number of carbonyl (C=O) groups is 2. The molecule has 0 saturated carbocycles. The molecule has 4 rings (SSSR count). The largest absolute Gasteiger partial charge is 0.478 e. The van der Waals surface area contributed by atoms with Crippen LogP contribution in [-0.4, -0.2) is 43.7 Å². The van der Waals surface area contributed by atoms with Gasteiger partial charge < -0.3 is 15.4 Å². The first kappa shape index (κ1) is 24.2. The van der Waals surface area contributed by atoms with Crippen LogP contribution in [-0.2, 0) is 19.6 Å². The van der Waals surface area contributed by atoms with Crippen LogP contribution >= 0.6 is 0 Å². The van der Waals surface area contributed by atoms with Gasteiger partial charge in [-0.15, -0.1) is 0 Å². The van der Waals surface area contributed by atoms with Crippen LogP contribution in [0, 0.1) is 26.7 Å².